The Balaban J connectivity index is 1.25. The fourth-order valence-electron chi connectivity index (χ4n) is 4.46. The Hall–Kier alpha value is -2.96. The smallest absolute Gasteiger partial charge is 0.223 e. The first-order valence-corrected chi connectivity index (χ1v) is 11.3. The highest BCUT2D eigenvalue weighted by Crippen LogP contribution is 2.33. The minimum atomic E-state index is 0.146. The fourth-order valence-corrected chi connectivity index (χ4v) is 4.46. The number of benzene rings is 1. The quantitative estimate of drug-likeness (QED) is 0.530. The SMILES string of the molecule is O=C1CC(CN=C(NCCc2ccco2)NC2CCOc3ccccc32)CN1C1CC1. The van der Waals surface area contributed by atoms with E-state index in [1.165, 1.54) is 0 Å². The van der Waals surface area contributed by atoms with Crippen molar-refractivity contribution >= 4 is 11.9 Å². The number of nitrogens with zero attached hydrogens (tertiary/aromatic N) is 2. The number of rotatable bonds is 7. The number of aliphatic imine (C=N–C) groups is 1. The molecule has 164 valence electrons. The van der Waals surface area contributed by atoms with Crippen LogP contribution in [-0.4, -0.2) is 49.0 Å². The van der Waals surface area contributed by atoms with Crippen molar-refractivity contribution in [2.24, 2.45) is 10.9 Å². The second-order valence-corrected chi connectivity index (χ2v) is 8.66. The van der Waals surface area contributed by atoms with Gasteiger partial charge in [-0.2, -0.15) is 0 Å². The average molecular weight is 423 g/mol. The van der Waals surface area contributed by atoms with E-state index < -0.39 is 0 Å². The molecule has 7 heteroatoms. The maximum Gasteiger partial charge on any atom is 0.223 e. The number of guanidine groups is 1. The van der Waals surface area contributed by atoms with Crippen LogP contribution in [0.5, 0.6) is 5.75 Å². The fraction of sp³-hybridized carbons (Fsp3) is 0.500. The Morgan fingerprint density at radius 3 is 2.90 bits per heavy atom. The third-order valence-electron chi connectivity index (χ3n) is 6.25. The van der Waals surface area contributed by atoms with Crippen LogP contribution < -0.4 is 15.4 Å². The summed E-state index contributed by atoms with van der Waals surface area (Å²) in [4.78, 5) is 19.2. The second kappa shape index (κ2) is 9.04. The van der Waals surface area contributed by atoms with E-state index in [1.807, 2.05) is 30.3 Å². The molecule has 2 aliphatic heterocycles. The van der Waals surface area contributed by atoms with E-state index in [-0.39, 0.29) is 6.04 Å². The van der Waals surface area contributed by atoms with Gasteiger partial charge in [0.25, 0.3) is 0 Å². The Kier molecular flexibility index (Phi) is 5.82. The van der Waals surface area contributed by atoms with Gasteiger partial charge in [-0.1, -0.05) is 18.2 Å². The molecule has 31 heavy (non-hydrogen) atoms. The highest BCUT2D eigenvalue weighted by molar-refractivity contribution is 5.81. The number of hydrogen-bond donors (Lipinski definition) is 2. The summed E-state index contributed by atoms with van der Waals surface area (Å²) < 4.78 is 11.2. The number of furan rings is 1. The van der Waals surface area contributed by atoms with Crippen LogP contribution in [0, 0.1) is 5.92 Å². The van der Waals surface area contributed by atoms with Crippen molar-refractivity contribution in [3.05, 3.63) is 54.0 Å². The van der Waals surface area contributed by atoms with Gasteiger partial charge < -0.3 is 24.7 Å². The lowest BCUT2D eigenvalue weighted by Crippen LogP contribution is -2.42. The summed E-state index contributed by atoms with van der Waals surface area (Å²) >= 11 is 0. The molecule has 1 amide bonds. The van der Waals surface area contributed by atoms with Crippen molar-refractivity contribution in [2.45, 2.75) is 44.2 Å². The standard InChI is InChI=1S/C24H30N4O3/c29-23-14-17(16-28(23)18-7-8-18)15-26-24(25-11-9-19-4-3-12-30-19)27-21-10-13-31-22-6-2-1-5-20(21)22/h1-6,12,17-18,21H,7-11,13-16H2,(H2,25,26,27). The lowest BCUT2D eigenvalue weighted by Gasteiger charge is -2.28. The maximum atomic E-state index is 12.3. The molecule has 3 heterocycles. The average Bonchev–Trinajstić information content (AvgIpc) is 3.36. The Labute approximate surface area is 182 Å². The van der Waals surface area contributed by atoms with E-state index in [2.05, 4.69) is 21.6 Å². The van der Waals surface area contributed by atoms with Gasteiger partial charge in [-0.05, 0) is 31.0 Å². The van der Waals surface area contributed by atoms with Crippen LogP contribution in [0.3, 0.4) is 0 Å². The Bertz CT molecular complexity index is 923. The number of ether oxygens (including phenoxy) is 1. The van der Waals surface area contributed by atoms with Crippen LogP contribution in [0.1, 0.15) is 43.0 Å². The molecule has 0 radical (unpaired) electrons. The van der Waals surface area contributed by atoms with Gasteiger partial charge in [-0.25, -0.2) is 0 Å². The summed E-state index contributed by atoms with van der Waals surface area (Å²) in [5.41, 5.74) is 1.16. The van der Waals surface area contributed by atoms with Gasteiger partial charge >= 0.3 is 0 Å². The first kappa shape index (κ1) is 20.0. The Morgan fingerprint density at radius 1 is 1.16 bits per heavy atom. The molecule has 1 saturated carbocycles. The van der Waals surface area contributed by atoms with Gasteiger partial charge in [0.05, 0.1) is 18.9 Å². The molecule has 7 nitrogen and oxygen atoms in total. The third-order valence-corrected chi connectivity index (χ3v) is 6.25. The summed E-state index contributed by atoms with van der Waals surface area (Å²) in [6.07, 6.45) is 6.30. The number of para-hydroxylation sites is 1. The van der Waals surface area contributed by atoms with E-state index >= 15 is 0 Å². The lowest BCUT2D eigenvalue weighted by atomic mass is 10.0. The van der Waals surface area contributed by atoms with Crippen LogP contribution in [-0.2, 0) is 11.2 Å². The molecule has 1 aromatic carbocycles. The Morgan fingerprint density at radius 2 is 2.06 bits per heavy atom. The van der Waals surface area contributed by atoms with Crippen LogP contribution in [0.4, 0.5) is 0 Å². The van der Waals surface area contributed by atoms with Gasteiger partial charge in [-0.15, -0.1) is 0 Å². The molecule has 1 saturated heterocycles. The third kappa shape index (κ3) is 4.86. The van der Waals surface area contributed by atoms with Crippen molar-refractivity contribution in [1.29, 1.82) is 0 Å². The number of carbonyl (C=O) groups is 1. The van der Waals surface area contributed by atoms with Crippen LogP contribution >= 0.6 is 0 Å². The van der Waals surface area contributed by atoms with E-state index in [4.69, 9.17) is 14.1 Å². The number of hydrogen-bond acceptors (Lipinski definition) is 4. The van der Waals surface area contributed by atoms with Gasteiger partial charge in [0.2, 0.25) is 5.91 Å². The molecule has 2 aromatic rings. The summed E-state index contributed by atoms with van der Waals surface area (Å²) in [6, 6.07) is 12.7. The predicted octanol–water partition coefficient (Wildman–Crippen LogP) is 2.89. The van der Waals surface area contributed by atoms with E-state index in [0.717, 1.165) is 61.8 Å². The number of fused-ring (bicyclic) bond motifs is 1. The first-order chi connectivity index (χ1) is 15.3. The molecule has 2 N–H and O–H groups in total. The molecule has 1 aromatic heterocycles. The zero-order valence-corrected chi connectivity index (χ0v) is 17.8. The molecule has 3 aliphatic rings. The molecule has 5 rings (SSSR count). The predicted molar refractivity (Wildman–Crippen MR) is 118 cm³/mol. The van der Waals surface area contributed by atoms with Crippen LogP contribution in [0.2, 0.25) is 0 Å². The summed E-state index contributed by atoms with van der Waals surface area (Å²) in [6.45, 7) is 2.90. The summed E-state index contributed by atoms with van der Waals surface area (Å²) in [7, 11) is 0. The molecule has 0 bridgehead atoms. The maximum absolute atomic E-state index is 12.3. The monoisotopic (exact) mass is 422 g/mol. The van der Waals surface area contributed by atoms with Crippen LogP contribution in [0.25, 0.3) is 0 Å². The number of carbonyl (C=O) groups excluding carboxylic acids is 1. The van der Waals surface area contributed by atoms with E-state index in [1.54, 1.807) is 6.26 Å². The zero-order valence-electron chi connectivity index (χ0n) is 17.8. The van der Waals surface area contributed by atoms with Crippen molar-refractivity contribution in [2.75, 3.05) is 26.2 Å². The molecular formula is C24H30N4O3. The zero-order chi connectivity index (χ0) is 21.0. The summed E-state index contributed by atoms with van der Waals surface area (Å²) in [5.74, 6) is 3.25. The minimum Gasteiger partial charge on any atom is -0.493 e. The largest absolute Gasteiger partial charge is 0.493 e. The van der Waals surface area contributed by atoms with Crippen molar-refractivity contribution < 1.29 is 13.9 Å². The highest BCUT2D eigenvalue weighted by Gasteiger charge is 2.39. The topological polar surface area (TPSA) is 79.1 Å². The lowest BCUT2D eigenvalue weighted by molar-refractivity contribution is -0.128. The van der Waals surface area contributed by atoms with Crippen molar-refractivity contribution in [3.8, 4) is 5.75 Å². The number of amides is 1. The molecule has 0 spiro atoms. The van der Waals surface area contributed by atoms with Crippen molar-refractivity contribution in [3.63, 3.8) is 0 Å². The van der Waals surface area contributed by atoms with Crippen LogP contribution in [0.15, 0.2) is 52.1 Å². The molecule has 2 fully saturated rings. The van der Waals surface area contributed by atoms with Gasteiger partial charge in [0.1, 0.15) is 11.5 Å². The first-order valence-electron chi connectivity index (χ1n) is 11.3. The molecule has 2 atom stereocenters. The van der Waals surface area contributed by atoms with Crippen molar-refractivity contribution in [1.82, 2.24) is 15.5 Å². The molecular weight excluding hydrogens is 392 g/mol. The number of nitrogens with one attached hydrogen (secondary N) is 2. The summed E-state index contributed by atoms with van der Waals surface area (Å²) in [5, 5.41) is 7.06. The van der Waals surface area contributed by atoms with E-state index in [0.29, 0.717) is 37.4 Å². The van der Waals surface area contributed by atoms with Gasteiger partial charge in [0, 0.05) is 56.4 Å². The van der Waals surface area contributed by atoms with Gasteiger partial charge in [0.15, 0.2) is 5.96 Å². The van der Waals surface area contributed by atoms with E-state index in [9.17, 15) is 4.79 Å². The number of likely N-dealkylation sites (tertiary alicyclic amines) is 1. The highest BCUT2D eigenvalue weighted by atomic mass is 16.5. The normalized spacial score (nSPS) is 23.4. The molecule has 1 aliphatic carbocycles. The minimum absolute atomic E-state index is 0.146. The molecule has 2 unspecified atom stereocenters. The second-order valence-electron chi connectivity index (χ2n) is 8.66. The van der Waals surface area contributed by atoms with Gasteiger partial charge in [-0.3, -0.25) is 9.79 Å².